The fourth-order valence-electron chi connectivity index (χ4n) is 4.10. The van der Waals surface area contributed by atoms with E-state index in [0.29, 0.717) is 18.7 Å². The van der Waals surface area contributed by atoms with Crippen LogP contribution in [-0.2, 0) is 24.3 Å². The number of carbonyl (C=O) groups is 2. The highest BCUT2D eigenvalue weighted by Crippen LogP contribution is 2.17. The molecule has 0 aliphatic heterocycles. The quantitative estimate of drug-likeness (QED) is 0.243. The molecule has 186 valence electrons. The lowest BCUT2D eigenvalue weighted by atomic mass is 10.0. The van der Waals surface area contributed by atoms with Crippen LogP contribution in [0.25, 0.3) is 0 Å². The highest BCUT2D eigenvalue weighted by Gasteiger charge is 2.25. The molecule has 5 heteroatoms. The topological polar surface area (TPSA) is 40.6 Å². The average molecular weight is 491 g/mol. The molecule has 0 aliphatic rings. The molecule has 1 heterocycles. The third-order valence-corrected chi connectivity index (χ3v) is 7.07. The van der Waals surface area contributed by atoms with Crippen LogP contribution in [0, 0.1) is 0 Å². The zero-order valence-corrected chi connectivity index (χ0v) is 22.1. The smallest absolute Gasteiger partial charge is 0.254 e. The first-order chi connectivity index (χ1) is 17.0. The molecule has 3 aromatic rings. The first-order valence-electron chi connectivity index (χ1n) is 12.7. The molecule has 1 aromatic heterocycles. The lowest BCUT2D eigenvalue weighted by molar-refractivity contribution is -0.133. The SMILES string of the molecule is CCCCCCc1ccc(C(=O)N(CC(=O)N(Cc2ccccc2)Cc2cccs2)C(C)C)cc1. The molecule has 4 nitrogen and oxygen atoms in total. The first kappa shape index (κ1) is 26.7. The summed E-state index contributed by atoms with van der Waals surface area (Å²) < 4.78 is 0. The predicted octanol–water partition coefficient (Wildman–Crippen LogP) is 6.95. The Morgan fingerprint density at radius 3 is 2.20 bits per heavy atom. The lowest BCUT2D eigenvalue weighted by Crippen LogP contribution is -2.45. The van der Waals surface area contributed by atoms with Crippen molar-refractivity contribution < 1.29 is 9.59 Å². The number of rotatable bonds is 13. The molecular weight excluding hydrogens is 452 g/mol. The van der Waals surface area contributed by atoms with Gasteiger partial charge in [0.15, 0.2) is 0 Å². The molecule has 0 unspecified atom stereocenters. The van der Waals surface area contributed by atoms with Gasteiger partial charge in [0, 0.05) is 23.0 Å². The molecule has 0 saturated carbocycles. The predicted molar refractivity (Wildman–Crippen MR) is 145 cm³/mol. The van der Waals surface area contributed by atoms with Gasteiger partial charge in [-0.1, -0.05) is 74.7 Å². The van der Waals surface area contributed by atoms with Gasteiger partial charge < -0.3 is 9.80 Å². The van der Waals surface area contributed by atoms with Crippen LogP contribution in [0.1, 0.15) is 72.8 Å². The van der Waals surface area contributed by atoms with E-state index in [1.165, 1.54) is 31.2 Å². The number of benzene rings is 2. The first-order valence-corrected chi connectivity index (χ1v) is 13.6. The Bertz CT molecular complexity index is 1030. The Kier molecular flexibility index (Phi) is 10.5. The number of hydrogen-bond acceptors (Lipinski definition) is 3. The van der Waals surface area contributed by atoms with Crippen molar-refractivity contribution in [3.8, 4) is 0 Å². The fourth-order valence-corrected chi connectivity index (χ4v) is 4.82. The Balaban J connectivity index is 1.69. The van der Waals surface area contributed by atoms with Crippen LogP contribution in [0.2, 0.25) is 0 Å². The number of thiophene rings is 1. The molecule has 3 rings (SSSR count). The Morgan fingerprint density at radius 1 is 0.829 bits per heavy atom. The summed E-state index contributed by atoms with van der Waals surface area (Å²) >= 11 is 1.64. The summed E-state index contributed by atoms with van der Waals surface area (Å²) in [4.78, 5) is 31.5. The second kappa shape index (κ2) is 13.8. The van der Waals surface area contributed by atoms with Crippen LogP contribution in [0.4, 0.5) is 0 Å². The number of nitrogens with zero attached hydrogens (tertiary/aromatic N) is 2. The summed E-state index contributed by atoms with van der Waals surface area (Å²) in [6, 6.07) is 21.9. The molecule has 0 atom stereocenters. The molecular formula is C30H38N2O2S. The maximum absolute atomic E-state index is 13.5. The van der Waals surface area contributed by atoms with Crippen LogP contribution >= 0.6 is 11.3 Å². The van der Waals surface area contributed by atoms with Crippen molar-refractivity contribution in [2.45, 2.75) is 72.0 Å². The summed E-state index contributed by atoms with van der Waals surface area (Å²) in [5.41, 5.74) is 2.97. The van der Waals surface area contributed by atoms with Crippen molar-refractivity contribution >= 4 is 23.2 Å². The second-order valence-electron chi connectivity index (χ2n) is 9.35. The molecule has 35 heavy (non-hydrogen) atoms. The van der Waals surface area contributed by atoms with Gasteiger partial charge in [-0.25, -0.2) is 0 Å². The highest BCUT2D eigenvalue weighted by atomic mass is 32.1. The monoisotopic (exact) mass is 490 g/mol. The van der Waals surface area contributed by atoms with Crippen molar-refractivity contribution in [3.63, 3.8) is 0 Å². The molecule has 0 N–H and O–H groups in total. The van der Waals surface area contributed by atoms with Gasteiger partial charge in [0.1, 0.15) is 6.54 Å². The normalized spacial score (nSPS) is 11.0. The number of amides is 2. The molecule has 2 aromatic carbocycles. The number of aryl methyl sites for hydroxylation is 1. The zero-order valence-electron chi connectivity index (χ0n) is 21.3. The van der Waals surface area contributed by atoms with E-state index in [9.17, 15) is 9.59 Å². The summed E-state index contributed by atoms with van der Waals surface area (Å²) in [6.07, 6.45) is 5.95. The minimum Gasteiger partial charge on any atom is -0.332 e. The van der Waals surface area contributed by atoms with E-state index in [-0.39, 0.29) is 24.4 Å². The Morgan fingerprint density at radius 2 is 1.57 bits per heavy atom. The largest absolute Gasteiger partial charge is 0.332 e. The molecule has 0 spiro atoms. The Labute approximate surface area is 214 Å². The van der Waals surface area contributed by atoms with Crippen molar-refractivity contribution in [1.29, 1.82) is 0 Å². The third kappa shape index (κ3) is 8.36. The van der Waals surface area contributed by atoms with Crippen molar-refractivity contribution in [2.24, 2.45) is 0 Å². The molecule has 0 aliphatic carbocycles. The zero-order chi connectivity index (χ0) is 25.0. The average Bonchev–Trinajstić information content (AvgIpc) is 3.38. The maximum Gasteiger partial charge on any atom is 0.254 e. The van der Waals surface area contributed by atoms with E-state index in [0.717, 1.165) is 16.9 Å². The van der Waals surface area contributed by atoms with Crippen molar-refractivity contribution in [1.82, 2.24) is 9.80 Å². The summed E-state index contributed by atoms with van der Waals surface area (Å²) in [6.45, 7) is 7.27. The molecule has 0 radical (unpaired) electrons. The minimum atomic E-state index is -0.0957. The van der Waals surface area contributed by atoms with Gasteiger partial charge in [0.05, 0.1) is 6.54 Å². The van der Waals surface area contributed by atoms with Crippen LogP contribution in [0.3, 0.4) is 0 Å². The van der Waals surface area contributed by atoms with Gasteiger partial charge in [0.25, 0.3) is 5.91 Å². The highest BCUT2D eigenvalue weighted by molar-refractivity contribution is 7.09. The lowest BCUT2D eigenvalue weighted by Gasteiger charge is -2.30. The summed E-state index contributed by atoms with van der Waals surface area (Å²) in [5, 5.41) is 2.03. The van der Waals surface area contributed by atoms with Crippen LogP contribution in [-0.4, -0.2) is 34.2 Å². The van der Waals surface area contributed by atoms with E-state index >= 15 is 0 Å². The van der Waals surface area contributed by atoms with Crippen LogP contribution in [0.15, 0.2) is 72.1 Å². The van der Waals surface area contributed by atoms with E-state index in [1.807, 2.05) is 78.7 Å². The van der Waals surface area contributed by atoms with Crippen LogP contribution < -0.4 is 0 Å². The number of unbranched alkanes of at least 4 members (excludes halogenated alkanes) is 3. The minimum absolute atomic E-state index is 0.0446. The maximum atomic E-state index is 13.5. The van der Waals surface area contributed by atoms with Gasteiger partial charge >= 0.3 is 0 Å². The Hall–Kier alpha value is -2.92. The van der Waals surface area contributed by atoms with Gasteiger partial charge in [-0.3, -0.25) is 9.59 Å². The molecule has 0 fully saturated rings. The van der Waals surface area contributed by atoms with E-state index < -0.39 is 0 Å². The van der Waals surface area contributed by atoms with E-state index in [1.54, 1.807) is 16.2 Å². The summed E-state index contributed by atoms with van der Waals surface area (Å²) in [5.74, 6) is -0.140. The van der Waals surface area contributed by atoms with Crippen LogP contribution in [0.5, 0.6) is 0 Å². The van der Waals surface area contributed by atoms with Gasteiger partial charge in [-0.15, -0.1) is 11.3 Å². The van der Waals surface area contributed by atoms with Gasteiger partial charge in [-0.2, -0.15) is 0 Å². The van der Waals surface area contributed by atoms with Gasteiger partial charge in [0.2, 0.25) is 5.91 Å². The number of hydrogen-bond donors (Lipinski definition) is 0. The van der Waals surface area contributed by atoms with E-state index in [4.69, 9.17) is 0 Å². The molecule has 0 bridgehead atoms. The molecule has 0 saturated heterocycles. The van der Waals surface area contributed by atoms with E-state index in [2.05, 4.69) is 19.1 Å². The summed E-state index contributed by atoms with van der Waals surface area (Å²) in [7, 11) is 0. The van der Waals surface area contributed by atoms with Crippen molar-refractivity contribution in [3.05, 3.63) is 93.7 Å². The number of carbonyl (C=O) groups excluding carboxylic acids is 2. The van der Waals surface area contributed by atoms with Gasteiger partial charge in [-0.05, 0) is 61.4 Å². The van der Waals surface area contributed by atoms with Crippen molar-refractivity contribution in [2.75, 3.05) is 6.54 Å². The third-order valence-electron chi connectivity index (χ3n) is 6.21. The fraction of sp³-hybridized carbons (Fsp3) is 0.400. The standard InChI is InChI=1S/C30H38N2O2S/c1-4-5-6-8-12-25-16-18-27(19-17-25)30(34)32(24(2)3)23-29(33)31(22-28-15-11-20-35-28)21-26-13-9-7-10-14-26/h7,9-11,13-20,24H,4-6,8,12,21-23H2,1-3H3. The second-order valence-corrected chi connectivity index (χ2v) is 10.4. The molecule has 2 amide bonds.